The van der Waals surface area contributed by atoms with Crippen LogP contribution in [0.2, 0.25) is 0 Å². The van der Waals surface area contributed by atoms with Gasteiger partial charge < -0.3 is 19.9 Å². The molecule has 1 atom stereocenters. The summed E-state index contributed by atoms with van der Waals surface area (Å²) >= 11 is 0. The summed E-state index contributed by atoms with van der Waals surface area (Å²) in [6.45, 7) is 1.91. The largest absolute Gasteiger partial charge is 0.496 e. The summed E-state index contributed by atoms with van der Waals surface area (Å²) in [6.07, 6.45) is 2.39. The average Bonchev–Trinajstić information content (AvgIpc) is 3.06. The molecule has 6 heteroatoms. The molecule has 1 amide bonds. The zero-order chi connectivity index (χ0) is 17.7. The van der Waals surface area contributed by atoms with E-state index in [0.29, 0.717) is 0 Å². The van der Waals surface area contributed by atoms with Crippen molar-refractivity contribution < 1.29 is 24.2 Å². The van der Waals surface area contributed by atoms with Crippen LogP contribution in [-0.4, -0.2) is 43.9 Å². The molecule has 132 valence electrons. The van der Waals surface area contributed by atoms with Crippen molar-refractivity contribution in [2.45, 2.75) is 44.1 Å². The van der Waals surface area contributed by atoms with Gasteiger partial charge in [0, 0.05) is 7.11 Å². The standard InChI is InChI=1S/C18H25NO5/c1-12-6-7-13(10-14(12)23-2)18(8-4-5-9-18)17(22)19-11-15(24-3)16(20)21/h6-7,10,15H,4-5,8-9,11H2,1-3H3,(H,19,22)(H,20,21). The number of carbonyl (C=O) groups excluding carboxylic acids is 1. The van der Waals surface area contributed by atoms with Gasteiger partial charge in [-0.1, -0.05) is 25.0 Å². The highest BCUT2D eigenvalue weighted by Crippen LogP contribution is 2.42. The molecule has 1 saturated carbocycles. The molecular formula is C18H25NO5. The Kier molecular flexibility index (Phi) is 5.83. The molecule has 0 bridgehead atoms. The fourth-order valence-electron chi connectivity index (χ4n) is 3.37. The number of aliphatic carboxylic acids is 1. The molecule has 6 nitrogen and oxygen atoms in total. The lowest BCUT2D eigenvalue weighted by Crippen LogP contribution is -2.46. The zero-order valence-electron chi connectivity index (χ0n) is 14.4. The third-order valence-electron chi connectivity index (χ3n) is 4.86. The second kappa shape index (κ2) is 7.66. The van der Waals surface area contributed by atoms with E-state index < -0.39 is 17.5 Å². The van der Waals surface area contributed by atoms with E-state index in [-0.39, 0.29) is 12.5 Å². The second-order valence-corrected chi connectivity index (χ2v) is 6.25. The van der Waals surface area contributed by atoms with Crippen molar-refractivity contribution in [1.29, 1.82) is 0 Å². The Morgan fingerprint density at radius 2 is 1.96 bits per heavy atom. The number of hydrogen-bond donors (Lipinski definition) is 2. The third-order valence-corrected chi connectivity index (χ3v) is 4.86. The van der Waals surface area contributed by atoms with Crippen LogP contribution in [0, 0.1) is 6.92 Å². The summed E-state index contributed by atoms with van der Waals surface area (Å²) in [5.41, 5.74) is 1.31. The molecule has 2 rings (SSSR count). The Labute approximate surface area is 142 Å². The van der Waals surface area contributed by atoms with Gasteiger partial charge >= 0.3 is 5.97 Å². The molecule has 0 aromatic heterocycles. The number of carboxylic acids is 1. The molecule has 1 fully saturated rings. The van der Waals surface area contributed by atoms with Crippen LogP contribution in [0.15, 0.2) is 18.2 Å². The van der Waals surface area contributed by atoms with Crippen LogP contribution in [0.4, 0.5) is 0 Å². The topological polar surface area (TPSA) is 84.9 Å². The molecule has 1 aromatic carbocycles. The molecular weight excluding hydrogens is 310 g/mol. The van der Waals surface area contributed by atoms with E-state index in [4.69, 9.17) is 14.6 Å². The number of methoxy groups -OCH3 is 2. The highest BCUT2D eigenvalue weighted by Gasteiger charge is 2.43. The van der Waals surface area contributed by atoms with Gasteiger partial charge in [-0.15, -0.1) is 0 Å². The van der Waals surface area contributed by atoms with Gasteiger partial charge in [0.05, 0.1) is 19.1 Å². The van der Waals surface area contributed by atoms with Gasteiger partial charge in [0.15, 0.2) is 6.10 Å². The van der Waals surface area contributed by atoms with Gasteiger partial charge in [0.25, 0.3) is 0 Å². The van der Waals surface area contributed by atoms with Gasteiger partial charge in [-0.05, 0) is 37.0 Å². The van der Waals surface area contributed by atoms with E-state index >= 15 is 0 Å². The number of hydrogen-bond acceptors (Lipinski definition) is 4. The van der Waals surface area contributed by atoms with Crippen molar-refractivity contribution in [3.05, 3.63) is 29.3 Å². The average molecular weight is 335 g/mol. The minimum Gasteiger partial charge on any atom is -0.496 e. The number of carbonyl (C=O) groups is 2. The van der Waals surface area contributed by atoms with Crippen molar-refractivity contribution in [2.24, 2.45) is 0 Å². The Morgan fingerprint density at radius 1 is 1.29 bits per heavy atom. The number of nitrogens with one attached hydrogen (secondary N) is 1. The van der Waals surface area contributed by atoms with Gasteiger partial charge in [0.2, 0.25) is 5.91 Å². The third kappa shape index (κ3) is 3.53. The predicted octanol–water partition coefficient (Wildman–Crippen LogP) is 2.03. The SMILES string of the molecule is COc1cc(C2(C(=O)NCC(OC)C(=O)O)CCCC2)ccc1C. The van der Waals surface area contributed by atoms with Gasteiger partial charge in [0.1, 0.15) is 5.75 Å². The fraction of sp³-hybridized carbons (Fsp3) is 0.556. The zero-order valence-corrected chi connectivity index (χ0v) is 14.4. The first kappa shape index (κ1) is 18.3. The highest BCUT2D eigenvalue weighted by molar-refractivity contribution is 5.89. The summed E-state index contributed by atoms with van der Waals surface area (Å²) in [5.74, 6) is -0.476. The molecule has 0 aliphatic heterocycles. The number of carboxylic acid groups (broad SMARTS) is 1. The summed E-state index contributed by atoms with van der Waals surface area (Å²) in [7, 11) is 2.94. The van der Waals surface area contributed by atoms with E-state index in [2.05, 4.69) is 5.32 Å². The van der Waals surface area contributed by atoms with Crippen LogP contribution in [0.1, 0.15) is 36.8 Å². The molecule has 2 N–H and O–H groups in total. The molecule has 24 heavy (non-hydrogen) atoms. The molecule has 0 radical (unpaired) electrons. The molecule has 1 aromatic rings. The van der Waals surface area contributed by atoms with Crippen LogP contribution in [0.3, 0.4) is 0 Å². The molecule has 1 unspecified atom stereocenters. The van der Waals surface area contributed by atoms with Crippen LogP contribution in [0.25, 0.3) is 0 Å². The van der Waals surface area contributed by atoms with E-state index in [1.165, 1.54) is 7.11 Å². The Morgan fingerprint density at radius 3 is 2.50 bits per heavy atom. The van der Waals surface area contributed by atoms with Crippen LogP contribution in [0.5, 0.6) is 5.75 Å². The normalized spacial score (nSPS) is 17.3. The minimum atomic E-state index is -1.09. The number of rotatable bonds is 7. The van der Waals surface area contributed by atoms with Crippen molar-refractivity contribution in [1.82, 2.24) is 5.32 Å². The summed E-state index contributed by atoms with van der Waals surface area (Å²) in [4.78, 5) is 23.9. The van der Waals surface area contributed by atoms with Gasteiger partial charge in [-0.25, -0.2) is 4.79 Å². The molecule has 1 aliphatic rings. The first-order valence-corrected chi connectivity index (χ1v) is 8.13. The summed E-state index contributed by atoms with van der Waals surface area (Å²) < 4.78 is 10.3. The Balaban J connectivity index is 2.24. The van der Waals surface area contributed by atoms with E-state index in [0.717, 1.165) is 42.6 Å². The van der Waals surface area contributed by atoms with Crippen molar-refractivity contribution in [3.63, 3.8) is 0 Å². The van der Waals surface area contributed by atoms with Crippen LogP contribution >= 0.6 is 0 Å². The predicted molar refractivity (Wildman–Crippen MR) is 89.3 cm³/mol. The van der Waals surface area contributed by atoms with Crippen molar-refractivity contribution >= 4 is 11.9 Å². The van der Waals surface area contributed by atoms with Crippen LogP contribution < -0.4 is 10.1 Å². The summed E-state index contributed by atoms with van der Waals surface area (Å²) in [6, 6.07) is 5.84. The maximum atomic E-state index is 12.9. The maximum Gasteiger partial charge on any atom is 0.334 e. The minimum absolute atomic E-state index is 0.0462. The smallest absolute Gasteiger partial charge is 0.334 e. The molecule has 0 saturated heterocycles. The Hall–Kier alpha value is -2.08. The highest BCUT2D eigenvalue weighted by atomic mass is 16.5. The number of ether oxygens (including phenoxy) is 2. The first-order chi connectivity index (χ1) is 11.4. The van der Waals surface area contributed by atoms with Crippen LogP contribution in [-0.2, 0) is 19.7 Å². The number of aryl methyl sites for hydroxylation is 1. The van der Waals surface area contributed by atoms with Crippen molar-refractivity contribution in [2.75, 3.05) is 20.8 Å². The fourth-order valence-corrected chi connectivity index (χ4v) is 3.37. The lowest BCUT2D eigenvalue weighted by molar-refractivity contribution is -0.148. The van der Waals surface area contributed by atoms with Gasteiger partial charge in [-0.3, -0.25) is 4.79 Å². The lowest BCUT2D eigenvalue weighted by atomic mass is 9.77. The van der Waals surface area contributed by atoms with Crippen molar-refractivity contribution in [3.8, 4) is 5.75 Å². The quantitative estimate of drug-likeness (QED) is 0.796. The molecule has 0 heterocycles. The van der Waals surface area contributed by atoms with E-state index in [9.17, 15) is 9.59 Å². The monoisotopic (exact) mass is 335 g/mol. The Bertz CT molecular complexity index is 607. The molecule has 0 spiro atoms. The van der Waals surface area contributed by atoms with E-state index in [1.54, 1.807) is 7.11 Å². The van der Waals surface area contributed by atoms with Gasteiger partial charge in [-0.2, -0.15) is 0 Å². The number of amides is 1. The van der Waals surface area contributed by atoms with E-state index in [1.807, 2.05) is 25.1 Å². The lowest BCUT2D eigenvalue weighted by Gasteiger charge is -2.29. The first-order valence-electron chi connectivity index (χ1n) is 8.13. The maximum absolute atomic E-state index is 12.9. The number of benzene rings is 1. The molecule has 1 aliphatic carbocycles. The summed E-state index contributed by atoms with van der Waals surface area (Å²) in [5, 5.41) is 11.8. The second-order valence-electron chi connectivity index (χ2n) is 6.25.